The van der Waals surface area contributed by atoms with Gasteiger partial charge in [-0.05, 0) is 0 Å². The molecule has 2 rings (SSSR count). The maximum Gasteiger partial charge on any atom is 0.151 e. The van der Waals surface area contributed by atoms with Gasteiger partial charge in [-0.2, -0.15) is 0 Å². The van der Waals surface area contributed by atoms with Crippen LogP contribution in [-0.2, 0) is 17.2 Å². The molecule has 2 heterocycles. The lowest BCUT2D eigenvalue weighted by atomic mass is 10.3. The number of hydrogen-bond acceptors (Lipinski definition) is 4. The zero-order chi connectivity index (χ0) is 9.80. The molecule has 1 aromatic rings. The van der Waals surface area contributed by atoms with E-state index in [1.54, 1.807) is 0 Å². The molecule has 0 unspecified atom stereocenters. The normalized spacial score (nSPS) is 18.6. The summed E-state index contributed by atoms with van der Waals surface area (Å²) in [4.78, 5) is 2.28. The maximum absolute atomic E-state index is 5.63. The number of ether oxygens (including phenoxy) is 1. The molecule has 1 aromatic heterocycles. The third-order valence-electron chi connectivity index (χ3n) is 2.23. The Morgan fingerprint density at radius 2 is 2.21 bits per heavy atom. The van der Waals surface area contributed by atoms with Gasteiger partial charge in [0.15, 0.2) is 5.76 Å². The van der Waals surface area contributed by atoms with E-state index < -0.39 is 0 Å². The highest BCUT2D eigenvalue weighted by Crippen LogP contribution is 2.10. The van der Waals surface area contributed by atoms with Crippen LogP contribution in [0.15, 0.2) is 10.6 Å². The molecule has 4 nitrogen and oxygen atoms in total. The van der Waals surface area contributed by atoms with Gasteiger partial charge in [-0.3, -0.25) is 4.90 Å². The second kappa shape index (κ2) is 4.77. The minimum Gasteiger partial charge on any atom is -0.379 e. The monoisotopic (exact) mass is 216 g/mol. The smallest absolute Gasteiger partial charge is 0.151 e. The van der Waals surface area contributed by atoms with Crippen LogP contribution in [-0.4, -0.2) is 36.4 Å². The first kappa shape index (κ1) is 9.96. The van der Waals surface area contributed by atoms with Crippen LogP contribution in [0.1, 0.15) is 11.5 Å². The van der Waals surface area contributed by atoms with Crippen LogP contribution in [0.2, 0.25) is 0 Å². The van der Waals surface area contributed by atoms with Crippen LogP contribution < -0.4 is 0 Å². The zero-order valence-corrected chi connectivity index (χ0v) is 8.66. The number of morpholine rings is 1. The molecule has 1 saturated heterocycles. The van der Waals surface area contributed by atoms with Crippen LogP contribution in [0, 0.1) is 0 Å². The molecule has 0 aliphatic carbocycles. The molecule has 1 aliphatic heterocycles. The number of nitrogens with zero attached hydrogens (tertiary/aromatic N) is 2. The molecule has 0 spiro atoms. The molecule has 1 aliphatic rings. The van der Waals surface area contributed by atoms with Gasteiger partial charge < -0.3 is 9.26 Å². The number of hydrogen-bond donors (Lipinski definition) is 0. The fraction of sp³-hybridized carbons (Fsp3) is 0.667. The summed E-state index contributed by atoms with van der Waals surface area (Å²) in [5.74, 6) is 1.29. The van der Waals surface area contributed by atoms with Gasteiger partial charge in [-0.1, -0.05) is 5.16 Å². The van der Waals surface area contributed by atoms with Crippen molar-refractivity contribution < 1.29 is 9.26 Å². The van der Waals surface area contributed by atoms with Crippen molar-refractivity contribution >= 4 is 11.6 Å². The van der Waals surface area contributed by atoms with Crippen molar-refractivity contribution in [3.05, 3.63) is 17.5 Å². The first-order chi connectivity index (χ1) is 6.88. The Morgan fingerprint density at radius 1 is 1.43 bits per heavy atom. The first-order valence-corrected chi connectivity index (χ1v) is 5.22. The highest BCUT2D eigenvalue weighted by molar-refractivity contribution is 6.16. The van der Waals surface area contributed by atoms with Gasteiger partial charge in [0.25, 0.3) is 0 Å². The molecule has 0 bridgehead atoms. The van der Waals surface area contributed by atoms with Crippen molar-refractivity contribution in [2.24, 2.45) is 0 Å². The summed E-state index contributed by atoms with van der Waals surface area (Å²) in [5, 5.41) is 3.84. The highest BCUT2D eigenvalue weighted by atomic mass is 35.5. The minimum atomic E-state index is 0.409. The Balaban J connectivity index is 1.89. The van der Waals surface area contributed by atoms with Gasteiger partial charge in [0.1, 0.15) is 0 Å². The lowest BCUT2D eigenvalue weighted by molar-refractivity contribution is 0.0305. The van der Waals surface area contributed by atoms with Gasteiger partial charge in [0.05, 0.1) is 31.3 Å². The van der Waals surface area contributed by atoms with Crippen LogP contribution in [0.5, 0.6) is 0 Å². The van der Waals surface area contributed by atoms with E-state index >= 15 is 0 Å². The van der Waals surface area contributed by atoms with Crippen LogP contribution in [0.4, 0.5) is 0 Å². The van der Waals surface area contributed by atoms with Crippen molar-refractivity contribution in [3.8, 4) is 0 Å². The van der Waals surface area contributed by atoms with E-state index in [0.717, 1.165) is 44.3 Å². The summed E-state index contributed by atoms with van der Waals surface area (Å²) >= 11 is 5.63. The van der Waals surface area contributed by atoms with Crippen molar-refractivity contribution in [1.29, 1.82) is 0 Å². The summed E-state index contributed by atoms with van der Waals surface area (Å²) in [7, 11) is 0. The Morgan fingerprint density at radius 3 is 2.86 bits per heavy atom. The van der Waals surface area contributed by atoms with E-state index in [1.165, 1.54) is 0 Å². The molecular weight excluding hydrogens is 204 g/mol. The number of halogens is 1. The average molecular weight is 217 g/mol. The number of rotatable bonds is 3. The Hall–Kier alpha value is -0.580. The van der Waals surface area contributed by atoms with Crippen LogP contribution in [0.25, 0.3) is 0 Å². The van der Waals surface area contributed by atoms with E-state index in [1.807, 2.05) is 6.07 Å². The topological polar surface area (TPSA) is 38.5 Å². The molecule has 0 amide bonds. The predicted octanol–water partition coefficient (Wildman–Crippen LogP) is 1.25. The summed E-state index contributed by atoms with van der Waals surface area (Å²) in [6.07, 6.45) is 0. The lowest BCUT2D eigenvalue weighted by Crippen LogP contribution is -2.35. The number of alkyl halides is 1. The Labute approximate surface area is 87.8 Å². The quantitative estimate of drug-likeness (QED) is 0.713. The fourth-order valence-corrected chi connectivity index (χ4v) is 1.60. The van der Waals surface area contributed by atoms with E-state index in [0.29, 0.717) is 5.88 Å². The second-order valence-electron chi connectivity index (χ2n) is 3.31. The third kappa shape index (κ3) is 2.47. The van der Waals surface area contributed by atoms with Crippen molar-refractivity contribution in [2.45, 2.75) is 12.4 Å². The maximum atomic E-state index is 5.63. The summed E-state index contributed by atoms with van der Waals surface area (Å²) < 4.78 is 10.4. The molecule has 0 radical (unpaired) electrons. The molecule has 0 atom stereocenters. The highest BCUT2D eigenvalue weighted by Gasteiger charge is 2.13. The van der Waals surface area contributed by atoms with Crippen molar-refractivity contribution in [2.75, 3.05) is 26.3 Å². The molecule has 0 aromatic carbocycles. The molecule has 5 heteroatoms. The van der Waals surface area contributed by atoms with Crippen molar-refractivity contribution in [3.63, 3.8) is 0 Å². The average Bonchev–Trinajstić information content (AvgIpc) is 2.67. The van der Waals surface area contributed by atoms with Gasteiger partial charge in [-0.15, -0.1) is 11.6 Å². The van der Waals surface area contributed by atoms with Gasteiger partial charge >= 0.3 is 0 Å². The standard InChI is InChI=1S/C9H13ClN2O2/c10-6-8-5-9(14-11-8)7-12-1-3-13-4-2-12/h5H,1-4,6-7H2. The van der Waals surface area contributed by atoms with E-state index in [-0.39, 0.29) is 0 Å². The first-order valence-electron chi connectivity index (χ1n) is 4.69. The molecule has 78 valence electrons. The molecule has 14 heavy (non-hydrogen) atoms. The number of aromatic nitrogens is 1. The minimum absolute atomic E-state index is 0.409. The summed E-state index contributed by atoms with van der Waals surface area (Å²) in [6, 6.07) is 1.91. The largest absolute Gasteiger partial charge is 0.379 e. The molecule has 1 fully saturated rings. The van der Waals surface area contributed by atoms with Crippen molar-refractivity contribution in [1.82, 2.24) is 10.1 Å². The second-order valence-corrected chi connectivity index (χ2v) is 3.57. The SMILES string of the molecule is ClCc1cc(CN2CCOCC2)on1. The Kier molecular flexibility index (Phi) is 3.39. The van der Waals surface area contributed by atoms with Gasteiger partial charge in [-0.25, -0.2) is 0 Å². The molecule has 0 saturated carbocycles. The fourth-order valence-electron chi connectivity index (χ4n) is 1.47. The van der Waals surface area contributed by atoms with E-state index in [9.17, 15) is 0 Å². The van der Waals surface area contributed by atoms with E-state index in [4.69, 9.17) is 20.9 Å². The van der Waals surface area contributed by atoms with Gasteiger partial charge in [0.2, 0.25) is 0 Å². The summed E-state index contributed by atoms with van der Waals surface area (Å²) in [6.45, 7) is 4.31. The summed E-state index contributed by atoms with van der Waals surface area (Å²) in [5.41, 5.74) is 0.801. The van der Waals surface area contributed by atoms with E-state index in [2.05, 4.69) is 10.1 Å². The molecular formula is C9H13ClN2O2. The predicted molar refractivity (Wildman–Crippen MR) is 52.2 cm³/mol. The van der Waals surface area contributed by atoms with Crippen LogP contribution in [0.3, 0.4) is 0 Å². The molecule has 0 N–H and O–H groups in total. The van der Waals surface area contributed by atoms with Crippen LogP contribution >= 0.6 is 11.6 Å². The van der Waals surface area contributed by atoms with Gasteiger partial charge in [0, 0.05) is 19.2 Å². The zero-order valence-electron chi connectivity index (χ0n) is 7.91. The third-order valence-corrected chi connectivity index (χ3v) is 2.50. The lowest BCUT2D eigenvalue weighted by Gasteiger charge is -2.25. The Bertz CT molecular complexity index is 284.